The van der Waals surface area contributed by atoms with E-state index < -0.39 is 0 Å². The molecule has 4 heteroatoms. The second-order valence-corrected chi connectivity index (χ2v) is 7.71. The molecular weight excluding hydrogens is 298 g/mol. The van der Waals surface area contributed by atoms with Gasteiger partial charge in [0, 0.05) is 24.1 Å². The third-order valence-corrected chi connectivity index (χ3v) is 5.58. The van der Waals surface area contributed by atoms with E-state index in [2.05, 4.69) is 33.4 Å². The highest BCUT2D eigenvalue weighted by Gasteiger charge is 2.42. The van der Waals surface area contributed by atoms with E-state index in [0.717, 1.165) is 19.6 Å². The lowest BCUT2D eigenvalue weighted by molar-refractivity contribution is -0.135. The van der Waals surface area contributed by atoms with Gasteiger partial charge >= 0.3 is 0 Å². The van der Waals surface area contributed by atoms with Crippen LogP contribution in [0.2, 0.25) is 0 Å². The van der Waals surface area contributed by atoms with Crippen molar-refractivity contribution in [3.05, 3.63) is 20.8 Å². The summed E-state index contributed by atoms with van der Waals surface area (Å²) in [7, 11) is 0. The van der Waals surface area contributed by atoms with Crippen molar-refractivity contribution in [3.8, 4) is 0 Å². The summed E-state index contributed by atoms with van der Waals surface area (Å²) in [6.45, 7) is 1.93. The molecule has 0 amide bonds. The third kappa shape index (κ3) is 2.75. The minimum absolute atomic E-state index is 0.256. The first-order chi connectivity index (χ1) is 8.26. The van der Waals surface area contributed by atoms with Crippen LogP contribution in [-0.4, -0.2) is 18.2 Å². The predicted octanol–water partition coefficient (Wildman–Crippen LogP) is 3.70. The monoisotopic (exact) mass is 315 g/mol. The van der Waals surface area contributed by atoms with Crippen LogP contribution >= 0.6 is 27.3 Å². The Kier molecular flexibility index (Phi) is 3.57. The Hall–Kier alpha value is 0.1000. The van der Waals surface area contributed by atoms with E-state index in [-0.39, 0.29) is 5.60 Å². The normalized spacial score (nSPS) is 27.0. The van der Waals surface area contributed by atoms with Crippen molar-refractivity contribution in [2.24, 2.45) is 0 Å². The van der Waals surface area contributed by atoms with E-state index >= 15 is 0 Å². The second-order valence-electron chi connectivity index (χ2n) is 5.16. The molecule has 94 valence electrons. The highest BCUT2D eigenvalue weighted by Crippen LogP contribution is 2.42. The molecule has 1 aliphatic heterocycles. The molecular formula is C13H18BrNOS. The van der Waals surface area contributed by atoms with Crippen molar-refractivity contribution in [2.45, 2.75) is 50.3 Å². The summed E-state index contributed by atoms with van der Waals surface area (Å²) < 4.78 is 7.16. The second kappa shape index (κ2) is 5.00. The molecule has 0 aromatic carbocycles. The molecule has 3 rings (SSSR count). The summed E-state index contributed by atoms with van der Waals surface area (Å²) in [5, 5.41) is 3.68. The Morgan fingerprint density at radius 3 is 3.00 bits per heavy atom. The molecule has 2 nitrogen and oxygen atoms in total. The van der Waals surface area contributed by atoms with Crippen LogP contribution in [0.4, 0.5) is 0 Å². The molecule has 0 bridgehead atoms. The van der Waals surface area contributed by atoms with E-state index in [4.69, 9.17) is 4.74 Å². The van der Waals surface area contributed by atoms with Gasteiger partial charge in [0.15, 0.2) is 0 Å². The topological polar surface area (TPSA) is 21.3 Å². The van der Waals surface area contributed by atoms with Crippen molar-refractivity contribution in [3.63, 3.8) is 0 Å². The van der Waals surface area contributed by atoms with Crippen molar-refractivity contribution >= 4 is 27.3 Å². The van der Waals surface area contributed by atoms with E-state index in [9.17, 15) is 0 Å². The number of hydrogen-bond acceptors (Lipinski definition) is 3. The molecule has 1 saturated heterocycles. The van der Waals surface area contributed by atoms with Crippen molar-refractivity contribution in [2.75, 3.05) is 6.61 Å². The Morgan fingerprint density at radius 2 is 2.35 bits per heavy atom. The molecule has 1 aromatic rings. The molecule has 1 aromatic heterocycles. The number of rotatable bonds is 3. The Morgan fingerprint density at radius 1 is 1.47 bits per heavy atom. The van der Waals surface area contributed by atoms with Crippen LogP contribution in [0.1, 0.15) is 37.0 Å². The molecule has 1 aliphatic carbocycles. The minimum atomic E-state index is 0.256. The van der Waals surface area contributed by atoms with Gasteiger partial charge < -0.3 is 10.1 Å². The highest BCUT2D eigenvalue weighted by molar-refractivity contribution is 9.11. The van der Waals surface area contributed by atoms with Gasteiger partial charge in [0.1, 0.15) is 0 Å². The van der Waals surface area contributed by atoms with Crippen molar-refractivity contribution in [1.82, 2.24) is 5.32 Å². The molecule has 17 heavy (non-hydrogen) atoms. The Bertz CT molecular complexity index is 389. The fourth-order valence-corrected chi connectivity index (χ4v) is 4.25. The van der Waals surface area contributed by atoms with Crippen LogP contribution in [0, 0.1) is 0 Å². The summed E-state index contributed by atoms with van der Waals surface area (Å²) in [5.41, 5.74) is 0.256. The number of hydrogen-bond donors (Lipinski definition) is 1. The zero-order valence-electron chi connectivity index (χ0n) is 9.88. The summed E-state index contributed by atoms with van der Waals surface area (Å²) in [4.78, 5) is 1.41. The lowest BCUT2D eigenvalue weighted by atomic mass is 9.74. The molecule has 2 aliphatic rings. The average molecular weight is 316 g/mol. The van der Waals surface area contributed by atoms with Crippen LogP contribution in [0.3, 0.4) is 0 Å². The maximum absolute atomic E-state index is 5.94. The molecule has 1 saturated carbocycles. The van der Waals surface area contributed by atoms with Crippen LogP contribution in [0.5, 0.6) is 0 Å². The number of halogens is 1. The Balaban J connectivity index is 1.51. The molecule has 0 radical (unpaired) electrons. The van der Waals surface area contributed by atoms with Gasteiger partial charge in [-0.05, 0) is 60.2 Å². The number of thiophene rings is 1. The largest absolute Gasteiger partial charge is 0.375 e. The smallest absolute Gasteiger partial charge is 0.0701 e. The van der Waals surface area contributed by atoms with Crippen molar-refractivity contribution < 1.29 is 4.74 Å². The first-order valence-electron chi connectivity index (χ1n) is 6.37. The first kappa shape index (κ1) is 12.2. The van der Waals surface area contributed by atoms with Gasteiger partial charge in [-0.3, -0.25) is 0 Å². The van der Waals surface area contributed by atoms with Gasteiger partial charge in [-0.25, -0.2) is 0 Å². The van der Waals surface area contributed by atoms with Gasteiger partial charge in [-0.15, -0.1) is 11.3 Å². The zero-order chi connectivity index (χ0) is 11.7. The SMILES string of the molecule is Brc1ccc(CNC2CCOC3(CCC3)C2)s1. The Labute approximate surface area is 115 Å². The summed E-state index contributed by atoms with van der Waals surface area (Å²) in [6.07, 6.45) is 6.27. The molecule has 1 spiro atoms. The standard InChI is InChI=1S/C13H18BrNOS/c14-12-3-2-11(17-12)9-15-10-4-7-16-13(8-10)5-1-6-13/h2-3,10,15H,1,4-9H2. The predicted molar refractivity (Wildman–Crippen MR) is 74.4 cm³/mol. The number of nitrogens with one attached hydrogen (secondary N) is 1. The molecule has 1 N–H and O–H groups in total. The third-order valence-electron chi connectivity index (χ3n) is 3.95. The van der Waals surface area contributed by atoms with Gasteiger partial charge in [0.2, 0.25) is 0 Å². The molecule has 1 unspecified atom stereocenters. The molecule has 2 fully saturated rings. The summed E-state index contributed by atoms with van der Waals surface area (Å²) in [5.74, 6) is 0. The molecule has 1 atom stereocenters. The fourth-order valence-electron chi connectivity index (χ4n) is 2.81. The first-order valence-corrected chi connectivity index (χ1v) is 7.98. The lowest BCUT2D eigenvalue weighted by Gasteiger charge is -2.47. The van der Waals surface area contributed by atoms with Crippen LogP contribution in [-0.2, 0) is 11.3 Å². The summed E-state index contributed by atoms with van der Waals surface area (Å²) in [6, 6.07) is 4.96. The van der Waals surface area contributed by atoms with Gasteiger partial charge in [0.25, 0.3) is 0 Å². The minimum Gasteiger partial charge on any atom is -0.375 e. The van der Waals surface area contributed by atoms with Gasteiger partial charge in [0.05, 0.1) is 9.39 Å². The maximum atomic E-state index is 5.94. The highest BCUT2D eigenvalue weighted by atomic mass is 79.9. The van der Waals surface area contributed by atoms with Crippen LogP contribution < -0.4 is 5.32 Å². The van der Waals surface area contributed by atoms with E-state index in [1.807, 2.05) is 11.3 Å². The average Bonchev–Trinajstić information content (AvgIpc) is 2.71. The summed E-state index contributed by atoms with van der Waals surface area (Å²) >= 11 is 5.33. The van der Waals surface area contributed by atoms with E-state index in [0.29, 0.717) is 6.04 Å². The maximum Gasteiger partial charge on any atom is 0.0701 e. The molecule has 2 heterocycles. The van der Waals surface area contributed by atoms with Gasteiger partial charge in [-0.1, -0.05) is 0 Å². The van der Waals surface area contributed by atoms with E-state index in [1.54, 1.807) is 0 Å². The van der Waals surface area contributed by atoms with E-state index in [1.165, 1.54) is 34.3 Å². The van der Waals surface area contributed by atoms with Crippen molar-refractivity contribution in [1.29, 1.82) is 0 Å². The number of ether oxygens (including phenoxy) is 1. The zero-order valence-corrected chi connectivity index (χ0v) is 12.3. The van der Waals surface area contributed by atoms with Crippen LogP contribution in [0.15, 0.2) is 15.9 Å². The van der Waals surface area contributed by atoms with Crippen LogP contribution in [0.25, 0.3) is 0 Å². The van der Waals surface area contributed by atoms with Gasteiger partial charge in [-0.2, -0.15) is 0 Å². The lowest BCUT2D eigenvalue weighted by Crippen LogP contribution is -2.50. The quantitative estimate of drug-likeness (QED) is 0.918. The fraction of sp³-hybridized carbons (Fsp3) is 0.692.